The molecule has 1 aliphatic carbocycles. The summed E-state index contributed by atoms with van der Waals surface area (Å²) in [6.45, 7) is 4.55. The van der Waals surface area contributed by atoms with Crippen molar-refractivity contribution in [1.82, 2.24) is 10.3 Å². The number of halogens is 2. The highest BCUT2D eigenvalue weighted by Gasteiger charge is 2.25. The number of aromatic nitrogens is 1. The van der Waals surface area contributed by atoms with Crippen molar-refractivity contribution < 1.29 is 9.53 Å². The summed E-state index contributed by atoms with van der Waals surface area (Å²) in [7, 11) is 0. The van der Waals surface area contributed by atoms with Crippen LogP contribution in [0.2, 0.25) is 0 Å². The van der Waals surface area contributed by atoms with Gasteiger partial charge in [0.25, 0.3) is 0 Å². The molecule has 0 aliphatic heterocycles. The van der Waals surface area contributed by atoms with E-state index < -0.39 is 0 Å². The maximum Gasteiger partial charge on any atom is 0.220 e. The van der Waals surface area contributed by atoms with Crippen LogP contribution >= 0.6 is 24.8 Å². The smallest absolute Gasteiger partial charge is 0.220 e. The van der Waals surface area contributed by atoms with Gasteiger partial charge in [0.15, 0.2) is 0 Å². The standard InChI is InChI=1S/C21H27N3O2.2ClH/c1-14-5-3-8-19(15(14)2)26-21-11-16(9-10-23-21)13-24-20(25)12-17-6-4-7-18(17)22;;/h3,5,8-11,17-18H,4,6-7,12-13,22H2,1-2H3,(H,24,25);2*1H/t17-,18+;;/m0../s1. The second kappa shape index (κ2) is 11.2. The minimum Gasteiger partial charge on any atom is -0.439 e. The zero-order chi connectivity index (χ0) is 18.5. The monoisotopic (exact) mass is 425 g/mol. The number of rotatable bonds is 6. The van der Waals surface area contributed by atoms with Gasteiger partial charge in [-0.05, 0) is 61.4 Å². The SMILES string of the molecule is Cc1cccc(Oc2cc(CNC(=O)C[C@@H]3CCC[C@H]3N)ccn2)c1C.Cl.Cl. The van der Waals surface area contributed by atoms with Crippen molar-refractivity contribution in [3.05, 3.63) is 53.2 Å². The number of nitrogens with two attached hydrogens (primary N) is 1. The molecule has 7 heteroatoms. The average molecular weight is 426 g/mol. The normalized spacial score (nSPS) is 18.0. The lowest BCUT2D eigenvalue weighted by molar-refractivity contribution is -0.122. The van der Waals surface area contributed by atoms with Crippen molar-refractivity contribution in [1.29, 1.82) is 0 Å². The van der Waals surface area contributed by atoms with E-state index in [0.717, 1.165) is 36.1 Å². The van der Waals surface area contributed by atoms with Crippen LogP contribution < -0.4 is 15.8 Å². The third-order valence-corrected chi connectivity index (χ3v) is 5.22. The quantitative estimate of drug-likeness (QED) is 0.715. The molecule has 1 heterocycles. The van der Waals surface area contributed by atoms with Crippen LogP contribution in [0.1, 0.15) is 42.4 Å². The highest BCUT2D eigenvalue weighted by Crippen LogP contribution is 2.27. The Morgan fingerprint density at radius 1 is 1.25 bits per heavy atom. The molecular formula is C21H29Cl2N3O2. The molecule has 3 N–H and O–H groups in total. The van der Waals surface area contributed by atoms with Gasteiger partial charge in [0.2, 0.25) is 11.8 Å². The summed E-state index contributed by atoms with van der Waals surface area (Å²) in [6, 6.07) is 9.87. The number of pyridine rings is 1. The van der Waals surface area contributed by atoms with Crippen molar-refractivity contribution in [2.24, 2.45) is 11.7 Å². The van der Waals surface area contributed by atoms with Crippen molar-refractivity contribution in [3.8, 4) is 11.6 Å². The summed E-state index contributed by atoms with van der Waals surface area (Å²) in [6.07, 6.45) is 5.43. The summed E-state index contributed by atoms with van der Waals surface area (Å²) >= 11 is 0. The van der Waals surface area contributed by atoms with Crippen molar-refractivity contribution in [2.75, 3.05) is 0 Å². The van der Waals surface area contributed by atoms with Gasteiger partial charge in [-0.1, -0.05) is 18.6 Å². The minimum absolute atomic E-state index is 0. The predicted molar refractivity (Wildman–Crippen MR) is 117 cm³/mol. The maximum atomic E-state index is 12.2. The third-order valence-electron chi connectivity index (χ3n) is 5.22. The summed E-state index contributed by atoms with van der Waals surface area (Å²) in [5.41, 5.74) is 9.28. The van der Waals surface area contributed by atoms with E-state index in [4.69, 9.17) is 10.5 Å². The Balaban J connectivity index is 0.00000196. The number of nitrogens with one attached hydrogen (secondary N) is 1. The lowest BCUT2D eigenvalue weighted by Gasteiger charge is -2.15. The van der Waals surface area contributed by atoms with Gasteiger partial charge in [0, 0.05) is 31.3 Å². The number of carbonyl (C=O) groups excluding carboxylic acids is 1. The van der Waals surface area contributed by atoms with E-state index in [-0.39, 0.29) is 36.8 Å². The largest absolute Gasteiger partial charge is 0.439 e. The molecule has 0 radical (unpaired) electrons. The van der Waals surface area contributed by atoms with Gasteiger partial charge in [-0.25, -0.2) is 4.98 Å². The average Bonchev–Trinajstić information content (AvgIpc) is 3.02. The first-order valence-corrected chi connectivity index (χ1v) is 9.24. The van der Waals surface area contributed by atoms with Gasteiger partial charge in [0.05, 0.1) is 0 Å². The molecule has 5 nitrogen and oxygen atoms in total. The lowest BCUT2D eigenvalue weighted by atomic mass is 10.00. The van der Waals surface area contributed by atoms with Gasteiger partial charge < -0.3 is 15.8 Å². The molecule has 1 aromatic carbocycles. The third kappa shape index (κ3) is 6.36. The Hall–Kier alpha value is -1.82. The summed E-state index contributed by atoms with van der Waals surface area (Å²) in [5.74, 6) is 1.70. The van der Waals surface area contributed by atoms with Crippen LogP contribution in [0.3, 0.4) is 0 Å². The van der Waals surface area contributed by atoms with E-state index in [1.54, 1.807) is 6.20 Å². The molecule has 2 atom stereocenters. The summed E-state index contributed by atoms with van der Waals surface area (Å²) in [5, 5.41) is 2.98. The molecule has 0 spiro atoms. The van der Waals surface area contributed by atoms with Crippen LogP contribution in [0.25, 0.3) is 0 Å². The zero-order valence-corrected chi connectivity index (χ0v) is 17.9. The fourth-order valence-corrected chi connectivity index (χ4v) is 3.39. The van der Waals surface area contributed by atoms with E-state index in [0.29, 0.717) is 24.8 Å². The highest BCUT2D eigenvalue weighted by molar-refractivity contribution is 5.85. The van der Waals surface area contributed by atoms with Crippen LogP contribution in [-0.4, -0.2) is 16.9 Å². The zero-order valence-electron chi connectivity index (χ0n) is 16.3. The molecule has 154 valence electrons. The Bertz CT molecular complexity index is 786. The Morgan fingerprint density at radius 2 is 2.04 bits per heavy atom. The second-order valence-corrected chi connectivity index (χ2v) is 7.14. The van der Waals surface area contributed by atoms with Gasteiger partial charge >= 0.3 is 0 Å². The van der Waals surface area contributed by atoms with Crippen LogP contribution in [0.4, 0.5) is 0 Å². The van der Waals surface area contributed by atoms with Crippen LogP contribution in [0, 0.1) is 19.8 Å². The molecule has 1 aromatic heterocycles. The fourth-order valence-electron chi connectivity index (χ4n) is 3.39. The van der Waals surface area contributed by atoms with Gasteiger partial charge in [0.1, 0.15) is 5.75 Å². The van der Waals surface area contributed by atoms with E-state index in [2.05, 4.69) is 23.3 Å². The first-order valence-electron chi connectivity index (χ1n) is 9.24. The van der Waals surface area contributed by atoms with Crippen molar-refractivity contribution in [3.63, 3.8) is 0 Å². The van der Waals surface area contributed by atoms with Crippen LogP contribution in [0.5, 0.6) is 11.6 Å². The molecule has 1 saturated carbocycles. The molecule has 0 saturated heterocycles. The van der Waals surface area contributed by atoms with Gasteiger partial charge in [-0.2, -0.15) is 0 Å². The second-order valence-electron chi connectivity index (χ2n) is 7.14. The predicted octanol–water partition coefficient (Wildman–Crippen LogP) is 4.47. The molecule has 28 heavy (non-hydrogen) atoms. The number of nitrogens with zero attached hydrogens (tertiary/aromatic N) is 1. The lowest BCUT2D eigenvalue weighted by Crippen LogP contribution is -2.31. The van der Waals surface area contributed by atoms with Gasteiger partial charge in [-0.3, -0.25) is 4.79 Å². The molecule has 1 amide bonds. The van der Waals surface area contributed by atoms with E-state index in [9.17, 15) is 4.79 Å². The maximum absolute atomic E-state index is 12.2. The van der Waals surface area contributed by atoms with Crippen molar-refractivity contribution in [2.45, 2.75) is 52.1 Å². The summed E-state index contributed by atoms with van der Waals surface area (Å²) < 4.78 is 5.92. The van der Waals surface area contributed by atoms with E-state index in [1.807, 2.05) is 31.2 Å². The van der Waals surface area contributed by atoms with Crippen LogP contribution in [0.15, 0.2) is 36.5 Å². The number of carbonyl (C=O) groups is 1. The molecule has 1 aliphatic rings. The number of ether oxygens (including phenoxy) is 1. The first kappa shape index (κ1) is 24.2. The Labute approximate surface area is 179 Å². The number of hydrogen-bond donors (Lipinski definition) is 2. The molecule has 1 fully saturated rings. The molecule has 3 rings (SSSR count). The first-order chi connectivity index (χ1) is 12.5. The molecular weight excluding hydrogens is 397 g/mol. The van der Waals surface area contributed by atoms with E-state index >= 15 is 0 Å². The molecule has 0 unspecified atom stereocenters. The number of amides is 1. The fraction of sp³-hybridized carbons (Fsp3) is 0.429. The number of aryl methyl sites for hydroxylation is 1. The topological polar surface area (TPSA) is 77.2 Å². The van der Waals surface area contributed by atoms with E-state index in [1.165, 1.54) is 5.56 Å². The highest BCUT2D eigenvalue weighted by atomic mass is 35.5. The minimum atomic E-state index is 0. The molecule has 2 aromatic rings. The number of hydrogen-bond acceptors (Lipinski definition) is 4. The molecule has 0 bridgehead atoms. The van der Waals surface area contributed by atoms with Crippen LogP contribution in [-0.2, 0) is 11.3 Å². The van der Waals surface area contributed by atoms with Crippen molar-refractivity contribution >= 4 is 30.7 Å². The number of benzene rings is 1. The summed E-state index contributed by atoms with van der Waals surface area (Å²) in [4.78, 5) is 16.4. The van der Waals surface area contributed by atoms with Gasteiger partial charge in [-0.15, -0.1) is 24.8 Å². The Kier molecular flexibility index (Phi) is 9.73. The Morgan fingerprint density at radius 3 is 2.75 bits per heavy atom.